The van der Waals surface area contributed by atoms with Crippen LogP contribution < -0.4 is 5.32 Å². The third-order valence-electron chi connectivity index (χ3n) is 4.30. The van der Waals surface area contributed by atoms with Crippen molar-refractivity contribution in [3.05, 3.63) is 87.8 Å². The number of hydrogen-bond acceptors (Lipinski definition) is 2. The van der Waals surface area contributed by atoms with Crippen molar-refractivity contribution in [2.24, 2.45) is 0 Å². The highest BCUT2D eigenvalue weighted by Gasteiger charge is 2.20. The Hall–Kier alpha value is -2.89. The van der Waals surface area contributed by atoms with Crippen LogP contribution in [-0.2, 0) is 0 Å². The van der Waals surface area contributed by atoms with Crippen LogP contribution in [0.25, 0.3) is 16.9 Å². The van der Waals surface area contributed by atoms with Gasteiger partial charge in [-0.3, -0.25) is 9.20 Å². The molecule has 1 N–H and O–H groups in total. The summed E-state index contributed by atoms with van der Waals surface area (Å²) in [5.41, 5.74) is 3.10. The molecular weight excluding hydrogens is 400 g/mol. The number of halogens is 3. The van der Waals surface area contributed by atoms with Crippen molar-refractivity contribution >= 4 is 40.6 Å². The average molecular weight is 414 g/mol. The van der Waals surface area contributed by atoms with Crippen LogP contribution in [0.2, 0.25) is 10.0 Å². The van der Waals surface area contributed by atoms with Crippen LogP contribution in [0.5, 0.6) is 0 Å². The molecule has 2 aromatic carbocycles. The molecule has 1 amide bonds. The molecule has 0 fully saturated rings. The number of aromatic nitrogens is 2. The molecule has 4 rings (SSSR count). The van der Waals surface area contributed by atoms with Crippen LogP contribution in [0, 0.1) is 12.7 Å². The number of carbonyl (C=O) groups excluding carboxylic acids is 1. The van der Waals surface area contributed by atoms with Gasteiger partial charge in [-0.2, -0.15) is 0 Å². The minimum atomic E-state index is -0.714. The van der Waals surface area contributed by atoms with Crippen LogP contribution in [0.4, 0.5) is 10.2 Å². The lowest BCUT2D eigenvalue weighted by atomic mass is 10.1. The van der Waals surface area contributed by atoms with E-state index in [9.17, 15) is 9.18 Å². The molecule has 4 aromatic rings. The van der Waals surface area contributed by atoms with Gasteiger partial charge in [0.05, 0.1) is 15.6 Å². The summed E-state index contributed by atoms with van der Waals surface area (Å²) >= 11 is 11.8. The predicted molar refractivity (Wildman–Crippen MR) is 110 cm³/mol. The summed E-state index contributed by atoms with van der Waals surface area (Å²) in [6.45, 7) is 1.94. The lowest BCUT2D eigenvalue weighted by Crippen LogP contribution is -2.15. The van der Waals surface area contributed by atoms with E-state index in [1.54, 1.807) is 4.40 Å². The van der Waals surface area contributed by atoms with Crippen molar-refractivity contribution < 1.29 is 9.18 Å². The van der Waals surface area contributed by atoms with Crippen LogP contribution in [0.1, 0.15) is 15.9 Å². The molecule has 0 radical (unpaired) electrons. The van der Waals surface area contributed by atoms with E-state index < -0.39 is 11.7 Å². The summed E-state index contributed by atoms with van der Waals surface area (Å²) in [5.74, 6) is -0.795. The number of nitrogens with one attached hydrogen (secondary N) is 1. The summed E-state index contributed by atoms with van der Waals surface area (Å²) in [6.07, 6.45) is 1.87. The van der Waals surface area contributed by atoms with E-state index in [-0.39, 0.29) is 15.6 Å². The minimum absolute atomic E-state index is 0.00909. The number of anilines is 1. The molecule has 4 nitrogen and oxygen atoms in total. The van der Waals surface area contributed by atoms with E-state index >= 15 is 0 Å². The normalized spacial score (nSPS) is 11.0. The Labute approximate surface area is 170 Å². The molecule has 0 unspecified atom stereocenters. The second kappa shape index (κ2) is 7.26. The first-order valence-electron chi connectivity index (χ1n) is 8.44. The maximum Gasteiger partial charge on any atom is 0.258 e. The number of amides is 1. The number of fused-ring (bicyclic) bond motifs is 1. The molecule has 0 bridgehead atoms. The highest BCUT2D eigenvalue weighted by Crippen LogP contribution is 2.31. The van der Waals surface area contributed by atoms with Gasteiger partial charge < -0.3 is 5.32 Å². The average Bonchev–Trinajstić information content (AvgIpc) is 3.03. The SMILES string of the molecule is Cc1ccc2nc(-c3ccccc3)c(NC(=O)c3cc(F)c(Cl)cc3Cl)n2c1. The van der Waals surface area contributed by atoms with E-state index in [1.165, 1.54) is 6.07 Å². The van der Waals surface area contributed by atoms with Gasteiger partial charge in [0.1, 0.15) is 23.0 Å². The van der Waals surface area contributed by atoms with Crippen molar-refractivity contribution in [3.8, 4) is 11.3 Å². The molecule has 2 heterocycles. The summed E-state index contributed by atoms with van der Waals surface area (Å²) in [6, 6.07) is 15.5. The number of aryl methyl sites for hydroxylation is 1. The topological polar surface area (TPSA) is 46.4 Å². The molecule has 0 aliphatic heterocycles. The van der Waals surface area contributed by atoms with Crippen LogP contribution >= 0.6 is 23.2 Å². The van der Waals surface area contributed by atoms with Gasteiger partial charge in [-0.15, -0.1) is 0 Å². The fourth-order valence-corrected chi connectivity index (χ4v) is 3.41. The van der Waals surface area contributed by atoms with Crippen LogP contribution in [0.3, 0.4) is 0 Å². The number of rotatable bonds is 3. The van der Waals surface area contributed by atoms with E-state index in [2.05, 4.69) is 10.3 Å². The third-order valence-corrected chi connectivity index (χ3v) is 4.90. The zero-order valence-electron chi connectivity index (χ0n) is 14.7. The van der Waals surface area contributed by atoms with Gasteiger partial charge >= 0.3 is 0 Å². The Morgan fingerprint density at radius 1 is 1.07 bits per heavy atom. The number of imidazole rings is 1. The monoisotopic (exact) mass is 413 g/mol. The van der Waals surface area contributed by atoms with Gasteiger partial charge in [0.25, 0.3) is 5.91 Å². The molecular formula is C21H14Cl2FN3O. The van der Waals surface area contributed by atoms with Gasteiger partial charge in [-0.1, -0.05) is 59.6 Å². The fraction of sp³-hybridized carbons (Fsp3) is 0.0476. The molecule has 28 heavy (non-hydrogen) atoms. The lowest BCUT2D eigenvalue weighted by Gasteiger charge is -2.10. The Morgan fingerprint density at radius 2 is 1.82 bits per heavy atom. The van der Waals surface area contributed by atoms with Crippen molar-refractivity contribution in [3.63, 3.8) is 0 Å². The molecule has 2 aromatic heterocycles. The molecule has 0 atom stereocenters. The Balaban J connectivity index is 1.85. The highest BCUT2D eigenvalue weighted by atomic mass is 35.5. The number of pyridine rings is 1. The fourth-order valence-electron chi connectivity index (χ4n) is 2.94. The van der Waals surface area contributed by atoms with Crippen molar-refractivity contribution in [1.29, 1.82) is 0 Å². The Bertz CT molecular complexity index is 1210. The van der Waals surface area contributed by atoms with Gasteiger partial charge in [-0.25, -0.2) is 9.37 Å². The summed E-state index contributed by atoms with van der Waals surface area (Å²) in [7, 11) is 0. The van der Waals surface area contributed by atoms with Gasteiger partial charge in [-0.05, 0) is 30.7 Å². The molecule has 0 spiro atoms. The number of benzene rings is 2. The molecule has 0 saturated carbocycles. The van der Waals surface area contributed by atoms with Crippen molar-refractivity contribution in [2.75, 3.05) is 5.32 Å². The maximum atomic E-state index is 13.9. The first-order chi connectivity index (χ1) is 13.4. The number of nitrogens with zero attached hydrogens (tertiary/aromatic N) is 2. The standard InChI is InChI=1S/C21H14Cl2FN3O/c1-12-7-8-18-25-19(13-5-3-2-4-6-13)20(27(18)11-12)26-21(28)14-9-17(24)16(23)10-15(14)22/h2-11H,1H3,(H,26,28). The largest absolute Gasteiger partial charge is 0.306 e. The van der Waals surface area contributed by atoms with Crippen molar-refractivity contribution in [1.82, 2.24) is 9.38 Å². The van der Waals surface area contributed by atoms with Crippen LogP contribution in [-0.4, -0.2) is 15.3 Å². The summed E-state index contributed by atoms with van der Waals surface area (Å²) < 4.78 is 15.6. The zero-order valence-corrected chi connectivity index (χ0v) is 16.2. The van der Waals surface area contributed by atoms with Crippen LogP contribution in [0.15, 0.2) is 60.8 Å². The second-order valence-corrected chi connectivity index (χ2v) is 7.12. The van der Waals surface area contributed by atoms with E-state index in [0.717, 1.165) is 17.2 Å². The van der Waals surface area contributed by atoms with E-state index in [1.807, 2.05) is 55.6 Å². The maximum absolute atomic E-state index is 13.9. The summed E-state index contributed by atoms with van der Waals surface area (Å²) in [4.78, 5) is 17.5. The Morgan fingerprint density at radius 3 is 2.57 bits per heavy atom. The molecule has 0 saturated heterocycles. The second-order valence-electron chi connectivity index (χ2n) is 6.31. The van der Waals surface area contributed by atoms with E-state index in [4.69, 9.17) is 23.2 Å². The number of hydrogen-bond donors (Lipinski definition) is 1. The molecule has 0 aliphatic carbocycles. The smallest absolute Gasteiger partial charge is 0.258 e. The Kier molecular flexibility index (Phi) is 4.79. The highest BCUT2D eigenvalue weighted by molar-refractivity contribution is 6.37. The van der Waals surface area contributed by atoms with Crippen molar-refractivity contribution in [2.45, 2.75) is 6.92 Å². The molecule has 140 valence electrons. The zero-order chi connectivity index (χ0) is 19.8. The summed E-state index contributed by atoms with van der Waals surface area (Å²) in [5, 5.41) is 2.75. The molecule has 0 aliphatic rings. The van der Waals surface area contributed by atoms with Gasteiger partial charge in [0.15, 0.2) is 0 Å². The quantitative estimate of drug-likeness (QED) is 0.418. The predicted octanol–water partition coefficient (Wildman–Crippen LogP) is 6.01. The van der Waals surface area contributed by atoms with Gasteiger partial charge in [0.2, 0.25) is 0 Å². The minimum Gasteiger partial charge on any atom is -0.306 e. The number of carbonyl (C=O) groups is 1. The first kappa shape index (κ1) is 18.5. The van der Waals surface area contributed by atoms with E-state index in [0.29, 0.717) is 17.2 Å². The van der Waals surface area contributed by atoms with Gasteiger partial charge in [0, 0.05) is 11.8 Å². The first-order valence-corrected chi connectivity index (χ1v) is 9.19. The lowest BCUT2D eigenvalue weighted by molar-refractivity contribution is 0.102. The third kappa shape index (κ3) is 3.35. The molecule has 7 heteroatoms.